The van der Waals surface area contributed by atoms with Gasteiger partial charge in [0.2, 0.25) is 0 Å². The Labute approximate surface area is 124 Å². The van der Waals surface area contributed by atoms with Crippen LogP contribution in [-0.2, 0) is 4.79 Å². The molecule has 0 aromatic carbocycles. The van der Waals surface area contributed by atoms with Gasteiger partial charge in [-0.3, -0.25) is 0 Å². The number of aliphatic hydroxyl groups is 1. The van der Waals surface area contributed by atoms with Crippen LogP contribution in [0.15, 0.2) is 22.7 Å². The maximum atomic E-state index is 12.1. The molecule has 0 aromatic rings. The van der Waals surface area contributed by atoms with Crippen molar-refractivity contribution in [2.45, 2.75) is 42.1 Å². The Morgan fingerprint density at radius 1 is 1.63 bits per heavy atom. The Hall–Kier alpha value is -0.281. The van der Waals surface area contributed by atoms with Gasteiger partial charge in [-0.2, -0.15) is 0 Å². The quantitative estimate of drug-likeness (QED) is 0.351. The van der Waals surface area contributed by atoms with Gasteiger partial charge < -0.3 is 0 Å². The Morgan fingerprint density at radius 2 is 2.47 bits per heavy atom. The Bertz CT molecular complexity index is 451. The Kier molecular flexibility index (Phi) is 3.78. The predicted molar refractivity (Wildman–Crippen MR) is 76.3 cm³/mol. The topological polar surface area (TPSA) is 49.3 Å². The standard InChI is InChI=1S/C14H18ClNO2Se/c15-7-6-10-8-19-14(11(10)16-13(14)18)12(17)9-4-2-1-3-5-9/h2,4,8-9,11-12,17H,1,3,5-7H2,(H,16,18)/t9-,11-,12-,14-/m0/s1. The van der Waals surface area contributed by atoms with E-state index in [-0.39, 0.29) is 32.8 Å². The number of aliphatic hydroxyl groups excluding tert-OH is 1. The van der Waals surface area contributed by atoms with Crippen molar-refractivity contribution in [1.29, 1.82) is 0 Å². The normalized spacial score (nSPS) is 38.2. The zero-order chi connectivity index (χ0) is 13.5. The molecule has 0 radical (unpaired) electrons. The summed E-state index contributed by atoms with van der Waals surface area (Å²) in [6, 6.07) is 0.0316. The summed E-state index contributed by atoms with van der Waals surface area (Å²) in [5.41, 5.74) is 1.22. The van der Waals surface area contributed by atoms with Crippen LogP contribution in [0.5, 0.6) is 0 Å². The first-order valence-corrected chi connectivity index (χ1v) is 9.16. The minimum absolute atomic E-state index is 0.0316. The van der Waals surface area contributed by atoms with Gasteiger partial charge in [-0.25, -0.2) is 0 Å². The fraction of sp³-hybridized carbons (Fsp3) is 0.643. The van der Waals surface area contributed by atoms with Crippen molar-refractivity contribution < 1.29 is 9.90 Å². The second-order valence-corrected chi connectivity index (χ2v) is 8.20. The number of amides is 1. The number of carbonyl (C=O) groups excluding carboxylic acids is 1. The molecule has 2 N–H and O–H groups in total. The summed E-state index contributed by atoms with van der Waals surface area (Å²) in [5.74, 6) is 0.738. The van der Waals surface area contributed by atoms with E-state index >= 15 is 0 Å². The van der Waals surface area contributed by atoms with E-state index in [0.29, 0.717) is 5.88 Å². The van der Waals surface area contributed by atoms with Crippen molar-refractivity contribution in [3.8, 4) is 0 Å². The average Bonchev–Trinajstić information content (AvgIpc) is 2.73. The molecule has 5 heteroatoms. The number of allylic oxidation sites excluding steroid dienone is 1. The van der Waals surface area contributed by atoms with Gasteiger partial charge in [-0.1, -0.05) is 0 Å². The molecule has 0 saturated carbocycles. The van der Waals surface area contributed by atoms with Crippen molar-refractivity contribution in [2.24, 2.45) is 5.92 Å². The van der Waals surface area contributed by atoms with E-state index in [0.717, 1.165) is 25.7 Å². The van der Waals surface area contributed by atoms with Crippen molar-refractivity contribution in [3.05, 3.63) is 22.7 Å². The molecule has 104 valence electrons. The summed E-state index contributed by atoms with van der Waals surface area (Å²) in [6.07, 6.45) is 7.67. The van der Waals surface area contributed by atoms with Crippen LogP contribution >= 0.6 is 11.6 Å². The van der Waals surface area contributed by atoms with Crippen LogP contribution < -0.4 is 5.32 Å². The fourth-order valence-electron chi connectivity index (χ4n) is 3.24. The van der Waals surface area contributed by atoms with Gasteiger partial charge in [0.05, 0.1) is 0 Å². The molecule has 0 spiro atoms. The second kappa shape index (κ2) is 5.25. The zero-order valence-electron chi connectivity index (χ0n) is 10.6. The maximum absolute atomic E-state index is 12.1. The molecular formula is C14H18ClNO2Se. The number of halogens is 1. The van der Waals surface area contributed by atoms with Gasteiger partial charge in [-0.15, -0.1) is 0 Å². The molecule has 1 aliphatic carbocycles. The van der Waals surface area contributed by atoms with Crippen LogP contribution in [0.1, 0.15) is 25.7 Å². The third-order valence-corrected chi connectivity index (χ3v) is 7.63. The number of rotatable bonds is 4. The third-order valence-electron chi connectivity index (χ3n) is 4.35. The zero-order valence-corrected chi connectivity index (χ0v) is 13.1. The molecule has 3 rings (SSSR count). The first-order valence-electron chi connectivity index (χ1n) is 6.78. The molecule has 2 heterocycles. The SMILES string of the molecule is O=C1N[C@H]2C(CCCl)=C[Se][C@@]12[C@@H](O)[C@H]1C=CCCC1. The third kappa shape index (κ3) is 2.01. The summed E-state index contributed by atoms with van der Waals surface area (Å²) in [4.78, 5) is 14.3. The van der Waals surface area contributed by atoms with Crippen molar-refractivity contribution >= 4 is 32.5 Å². The van der Waals surface area contributed by atoms with E-state index in [2.05, 4.69) is 22.4 Å². The number of alkyl halides is 1. The molecule has 1 saturated heterocycles. The predicted octanol–water partition coefficient (Wildman–Crippen LogP) is 1.59. The van der Waals surface area contributed by atoms with Gasteiger partial charge >= 0.3 is 124 Å². The van der Waals surface area contributed by atoms with E-state index in [1.807, 2.05) is 0 Å². The number of hydrogen-bond acceptors (Lipinski definition) is 2. The first kappa shape index (κ1) is 13.7. The summed E-state index contributed by atoms with van der Waals surface area (Å²) >= 11 is 5.84. The van der Waals surface area contributed by atoms with Crippen molar-refractivity contribution in [1.82, 2.24) is 5.32 Å². The fourth-order valence-corrected chi connectivity index (χ4v) is 6.45. The number of fused-ring (bicyclic) bond motifs is 1. The second-order valence-electron chi connectivity index (χ2n) is 5.42. The summed E-state index contributed by atoms with van der Waals surface area (Å²) in [7, 11) is 0. The molecule has 19 heavy (non-hydrogen) atoms. The van der Waals surface area contributed by atoms with Crippen LogP contribution in [0.3, 0.4) is 0 Å². The van der Waals surface area contributed by atoms with E-state index in [4.69, 9.17) is 11.6 Å². The van der Waals surface area contributed by atoms with E-state index < -0.39 is 10.4 Å². The molecule has 2 aliphatic heterocycles. The Balaban J connectivity index is 1.80. The molecular weight excluding hydrogens is 329 g/mol. The van der Waals surface area contributed by atoms with Gasteiger partial charge in [0.15, 0.2) is 0 Å². The van der Waals surface area contributed by atoms with E-state index in [1.165, 1.54) is 5.57 Å². The van der Waals surface area contributed by atoms with E-state index in [1.54, 1.807) is 0 Å². The van der Waals surface area contributed by atoms with Gasteiger partial charge in [-0.05, 0) is 0 Å². The summed E-state index contributed by atoms with van der Waals surface area (Å²) < 4.78 is -0.555. The number of β-lactam (4-membered cyclic amide) rings is 1. The molecule has 4 atom stereocenters. The first-order chi connectivity index (χ1) is 9.20. The van der Waals surface area contributed by atoms with Gasteiger partial charge in [0.25, 0.3) is 0 Å². The molecule has 0 bridgehead atoms. The van der Waals surface area contributed by atoms with Crippen molar-refractivity contribution in [3.63, 3.8) is 0 Å². The van der Waals surface area contributed by atoms with Crippen LogP contribution in [-0.4, -0.2) is 44.0 Å². The molecule has 0 aromatic heterocycles. The van der Waals surface area contributed by atoms with Crippen molar-refractivity contribution in [2.75, 3.05) is 5.88 Å². The van der Waals surface area contributed by atoms with Gasteiger partial charge in [0.1, 0.15) is 0 Å². The molecule has 1 amide bonds. The molecule has 3 aliphatic rings. The number of carbonyl (C=O) groups is 1. The average molecular weight is 347 g/mol. The molecule has 1 fully saturated rings. The summed E-state index contributed by atoms with van der Waals surface area (Å²) in [6.45, 7) is 0. The van der Waals surface area contributed by atoms with Crippen LogP contribution in [0, 0.1) is 5.92 Å². The van der Waals surface area contributed by atoms with Crippen LogP contribution in [0.4, 0.5) is 0 Å². The molecule has 0 unspecified atom stereocenters. The van der Waals surface area contributed by atoms with Crippen LogP contribution in [0.25, 0.3) is 0 Å². The van der Waals surface area contributed by atoms with Gasteiger partial charge in [0, 0.05) is 0 Å². The monoisotopic (exact) mass is 347 g/mol. The Morgan fingerprint density at radius 3 is 3.11 bits per heavy atom. The number of hydrogen-bond donors (Lipinski definition) is 2. The summed E-state index contributed by atoms with van der Waals surface area (Å²) in [5, 5.41) is 13.7. The van der Waals surface area contributed by atoms with Crippen LogP contribution in [0.2, 0.25) is 4.31 Å². The minimum atomic E-state index is -0.555. The number of nitrogens with one attached hydrogen (secondary N) is 1. The van der Waals surface area contributed by atoms with E-state index in [9.17, 15) is 9.90 Å². The molecule has 3 nitrogen and oxygen atoms in total.